The van der Waals surface area contributed by atoms with Crippen LogP contribution in [0.25, 0.3) is 0 Å². The topological polar surface area (TPSA) is 100 Å². The van der Waals surface area contributed by atoms with Gasteiger partial charge < -0.3 is 9.84 Å². The third kappa shape index (κ3) is 3.31. The van der Waals surface area contributed by atoms with Crippen molar-refractivity contribution < 1.29 is 14.6 Å². The molecule has 1 aliphatic rings. The average molecular weight is 267 g/mol. The predicted molar refractivity (Wildman–Crippen MR) is 67.6 cm³/mol. The van der Waals surface area contributed by atoms with E-state index in [4.69, 9.17) is 16.7 Å². The summed E-state index contributed by atoms with van der Waals surface area (Å²) in [6.45, 7) is 6.03. The molecule has 0 aliphatic carbocycles. The van der Waals surface area contributed by atoms with Crippen LogP contribution in [0.2, 0.25) is 0 Å². The molecule has 19 heavy (non-hydrogen) atoms. The van der Waals surface area contributed by atoms with Crippen molar-refractivity contribution in [3.05, 3.63) is 0 Å². The first kappa shape index (κ1) is 15.2. The number of hydrogen-bond donors (Lipinski definition) is 2. The summed E-state index contributed by atoms with van der Waals surface area (Å²) in [6.07, 6.45) is 3.65. The summed E-state index contributed by atoms with van der Waals surface area (Å²) in [5, 5.41) is 13.1. The normalized spacial score (nSPS) is 26.6. The molecule has 0 radical (unpaired) electrons. The fraction of sp³-hybridized carbons (Fsp3) is 0.750. The van der Waals surface area contributed by atoms with Crippen LogP contribution in [-0.4, -0.2) is 47.4 Å². The number of carbonyl (C=O) groups is 1. The molecule has 7 nitrogen and oxygen atoms in total. The molecule has 3 atom stereocenters. The third-order valence-corrected chi connectivity index (χ3v) is 3.12. The number of ether oxygens (including phenoxy) is 1. The summed E-state index contributed by atoms with van der Waals surface area (Å²) in [4.78, 5) is 15.7. The highest BCUT2D eigenvalue weighted by molar-refractivity contribution is 5.66. The zero-order valence-corrected chi connectivity index (χ0v) is 11.3. The molecule has 0 aromatic rings. The van der Waals surface area contributed by atoms with Crippen LogP contribution in [-0.2, 0) is 4.74 Å². The SMILES string of the molecule is C#CCO[C@@H]1CN(C(=O)O)C(C(C)(C)C)[C@H]1N=[N+]=N. The van der Waals surface area contributed by atoms with Crippen LogP contribution >= 0.6 is 0 Å². The number of rotatable bonds is 3. The van der Waals surface area contributed by atoms with Crippen LogP contribution in [0.3, 0.4) is 0 Å². The highest BCUT2D eigenvalue weighted by Crippen LogP contribution is 2.35. The number of terminal acetylenes is 1. The van der Waals surface area contributed by atoms with Gasteiger partial charge in [-0.15, -0.1) is 6.42 Å². The van der Waals surface area contributed by atoms with Crippen molar-refractivity contribution >= 4 is 6.09 Å². The van der Waals surface area contributed by atoms with Crippen LogP contribution in [0, 0.1) is 23.3 Å². The quantitative estimate of drug-likeness (QED) is 0.458. The second-order valence-corrected chi connectivity index (χ2v) is 5.51. The van der Waals surface area contributed by atoms with E-state index < -0.39 is 24.3 Å². The number of likely N-dealkylation sites (tertiary alicyclic amines) is 1. The van der Waals surface area contributed by atoms with E-state index in [0.717, 1.165) is 0 Å². The lowest BCUT2D eigenvalue weighted by molar-refractivity contribution is 0.0710. The van der Waals surface area contributed by atoms with Crippen molar-refractivity contribution in [3.8, 4) is 12.3 Å². The molecule has 1 rings (SSSR count). The first-order valence-electron chi connectivity index (χ1n) is 5.94. The Morgan fingerprint density at radius 2 is 2.32 bits per heavy atom. The molecule has 1 heterocycles. The molecule has 0 bridgehead atoms. The molecule has 1 saturated heterocycles. The summed E-state index contributed by atoms with van der Waals surface area (Å²) in [6, 6.07) is -0.913. The Bertz CT molecular complexity index is 431. The second kappa shape index (κ2) is 5.83. The van der Waals surface area contributed by atoms with Gasteiger partial charge in [-0.1, -0.05) is 26.7 Å². The first-order chi connectivity index (χ1) is 8.82. The molecule has 1 fully saturated rings. The fourth-order valence-corrected chi connectivity index (χ4v) is 2.49. The number of amides is 1. The van der Waals surface area contributed by atoms with Crippen molar-refractivity contribution in [2.45, 2.75) is 39.0 Å². The van der Waals surface area contributed by atoms with Gasteiger partial charge in [0.15, 0.2) is 6.04 Å². The summed E-state index contributed by atoms with van der Waals surface area (Å²) in [5.74, 6) is 2.35. The van der Waals surface area contributed by atoms with E-state index in [2.05, 4.69) is 15.9 Å². The zero-order chi connectivity index (χ0) is 14.6. The Balaban J connectivity index is 3.09. The molecule has 0 aromatic heterocycles. The lowest BCUT2D eigenvalue weighted by atomic mass is 9.82. The molecular weight excluding hydrogens is 248 g/mol. The molecule has 1 aliphatic heterocycles. The van der Waals surface area contributed by atoms with E-state index in [1.54, 1.807) is 0 Å². The summed E-state index contributed by atoms with van der Waals surface area (Å²) in [5.41, 5.74) is 6.56. The molecule has 104 valence electrons. The van der Waals surface area contributed by atoms with E-state index in [1.807, 2.05) is 20.8 Å². The van der Waals surface area contributed by atoms with Crippen molar-refractivity contribution in [2.75, 3.05) is 13.2 Å². The minimum absolute atomic E-state index is 0.0823. The zero-order valence-electron chi connectivity index (χ0n) is 11.3. The smallest absolute Gasteiger partial charge is 0.407 e. The number of nitrogens with one attached hydrogen (secondary N) is 1. The number of hydrogen-bond acceptors (Lipinski definition) is 4. The molecule has 0 aromatic carbocycles. The molecule has 1 unspecified atom stereocenters. The van der Waals surface area contributed by atoms with Gasteiger partial charge in [-0.05, 0) is 5.41 Å². The molecule has 0 saturated carbocycles. The van der Waals surface area contributed by atoms with Gasteiger partial charge in [-0.3, -0.25) is 4.90 Å². The van der Waals surface area contributed by atoms with Crippen molar-refractivity contribution in [1.29, 1.82) is 5.53 Å². The van der Waals surface area contributed by atoms with E-state index in [1.165, 1.54) is 4.90 Å². The minimum Gasteiger partial charge on any atom is -0.465 e. The van der Waals surface area contributed by atoms with Gasteiger partial charge in [-0.25, -0.2) is 4.79 Å². The van der Waals surface area contributed by atoms with Crippen LogP contribution in [0.4, 0.5) is 4.79 Å². The minimum atomic E-state index is -1.03. The van der Waals surface area contributed by atoms with E-state index in [0.29, 0.717) is 0 Å². The standard InChI is InChI=1S/C12H18N4O3/c1-5-6-19-8-7-16(11(17)18)10(12(2,3)4)9(8)14-15-13/h1,8-10,13H,6-7H2,2-4H3/p+1/t8-,9+,10?/m1/s1. The van der Waals surface area contributed by atoms with Crippen LogP contribution in [0.1, 0.15) is 20.8 Å². The number of carboxylic acid groups (broad SMARTS) is 1. The maximum Gasteiger partial charge on any atom is 0.407 e. The van der Waals surface area contributed by atoms with E-state index in [9.17, 15) is 9.90 Å². The largest absolute Gasteiger partial charge is 0.465 e. The fourth-order valence-electron chi connectivity index (χ4n) is 2.49. The Hall–Kier alpha value is -1.90. The van der Waals surface area contributed by atoms with Gasteiger partial charge in [0.05, 0.1) is 12.6 Å². The van der Waals surface area contributed by atoms with E-state index in [-0.39, 0.29) is 18.6 Å². The Morgan fingerprint density at radius 1 is 1.68 bits per heavy atom. The Morgan fingerprint density at radius 3 is 2.74 bits per heavy atom. The maximum absolute atomic E-state index is 11.3. The Labute approximate surface area is 112 Å². The van der Waals surface area contributed by atoms with Crippen LogP contribution < -0.4 is 4.91 Å². The highest BCUT2D eigenvalue weighted by Gasteiger charge is 2.52. The highest BCUT2D eigenvalue weighted by atomic mass is 16.5. The Kier molecular flexibility index (Phi) is 4.65. The van der Waals surface area contributed by atoms with Gasteiger partial charge in [0, 0.05) is 0 Å². The second-order valence-electron chi connectivity index (χ2n) is 5.51. The monoisotopic (exact) mass is 267 g/mol. The molecular formula is C12H19N4O3+. The summed E-state index contributed by atoms with van der Waals surface area (Å²) >= 11 is 0. The van der Waals surface area contributed by atoms with Gasteiger partial charge in [0.2, 0.25) is 4.91 Å². The molecule has 1 amide bonds. The summed E-state index contributed by atoms with van der Waals surface area (Å²) < 4.78 is 5.44. The van der Waals surface area contributed by atoms with Gasteiger partial charge in [-0.2, -0.15) is 0 Å². The van der Waals surface area contributed by atoms with Crippen molar-refractivity contribution in [2.24, 2.45) is 10.5 Å². The van der Waals surface area contributed by atoms with Crippen molar-refractivity contribution in [1.82, 2.24) is 9.81 Å². The number of nitrogens with zero attached hydrogens (tertiary/aromatic N) is 3. The first-order valence-corrected chi connectivity index (χ1v) is 5.94. The van der Waals surface area contributed by atoms with E-state index >= 15 is 0 Å². The molecule has 7 heteroatoms. The van der Waals surface area contributed by atoms with Crippen LogP contribution in [0.15, 0.2) is 5.11 Å². The van der Waals surface area contributed by atoms with Crippen molar-refractivity contribution in [3.63, 3.8) is 0 Å². The van der Waals surface area contributed by atoms with Crippen LogP contribution in [0.5, 0.6) is 0 Å². The summed E-state index contributed by atoms with van der Waals surface area (Å²) in [7, 11) is 0. The van der Waals surface area contributed by atoms with Gasteiger partial charge in [0.1, 0.15) is 23.4 Å². The lowest BCUT2D eigenvalue weighted by Gasteiger charge is -2.33. The lowest BCUT2D eigenvalue weighted by Crippen LogP contribution is -2.47. The average Bonchev–Trinajstić information content (AvgIpc) is 2.65. The maximum atomic E-state index is 11.3. The van der Waals surface area contributed by atoms with Gasteiger partial charge in [0.25, 0.3) is 0 Å². The third-order valence-electron chi connectivity index (χ3n) is 3.12. The van der Waals surface area contributed by atoms with Gasteiger partial charge >= 0.3 is 6.09 Å². The predicted octanol–water partition coefficient (Wildman–Crippen LogP) is 1.33. The molecule has 0 spiro atoms. The molecule has 2 N–H and O–H groups in total.